The highest BCUT2D eigenvalue weighted by molar-refractivity contribution is 6.16. The van der Waals surface area contributed by atoms with Crippen LogP contribution in [0.3, 0.4) is 0 Å². The molecule has 0 N–H and O–H groups in total. The summed E-state index contributed by atoms with van der Waals surface area (Å²) in [4.78, 5) is 27.4. The Kier molecular flexibility index (Phi) is 3.69. The second-order valence-electron chi connectivity index (χ2n) is 6.40. The largest absolute Gasteiger partial charge is 0.497 e. The maximum absolute atomic E-state index is 12.9. The van der Waals surface area contributed by atoms with Gasteiger partial charge in [0, 0.05) is 24.6 Å². The molecule has 4 nitrogen and oxygen atoms in total. The summed E-state index contributed by atoms with van der Waals surface area (Å²) in [7, 11) is 1.64. The lowest BCUT2D eigenvalue weighted by Gasteiger charge is -2.45. The highest BCUT2D eigenvalue weighted by Gasteiger charge is 2.46. The lowest BCUT2D eigenvalue weighted by atomic mass is 9.78. The molecule has 0 saturated carbocycles. The molecule has 0 amide bonds. The number of methoxy groups -OCH3 is 1. The maximum atomic E-state index is 12.9. The minimum atomic E-state index is -0.638. The van der Waals surface area contributed by atoms with Gasteiger partial charge in [-0.1, -0.05) is 36.4 Å². The van der Waals surface area contributed by atoms with Crippen molar-refractivity contribution < 1.29 is 14.3 Å². The molecular formula is C20H19NO3. The normalized spacial score (nSPS) is 23.0. The first kappa shape index (κ1) is 15.1. The first-order valence-corrected chi connectivity index (χ1v) is 8.23. The van der Waals surface area contributed by atoms with Crippen LogP contribution in [0, 0.1) is 0 Å². The molecule has 2 aliphatic rings. The summed E-state index contributed by atoms with van der Waals surface area (Å²) in [5.41, 5.74) is 2.85. The minimum absolute atomic E-state index is 0.0410. The topological polar surface area (TPSA) is 46.6 Å². The fraction of sp³-hybridized carbons (Fsp3) is 0.300. The van der Waals surface area contributed by atoms with Crippen molar-refractivity contribution in [3.8, 4) is 5.75 Å². The number of carbonyl (C=O) groups excluding carboxylic acids is 2. The summed E-state index contributed by atoms with van der Waals surface area (Å²) in [6.07, 6.45) is 1.25. The molecule has 4 rings (SSSR count). The number of carbonyl (C=O) groups is 2. The molecule has 0 radical (unpaired) electrons. The number of fused-ring (bicyclic) bond motifs is 4. The number of Topliss-reactive ketones (excluding diaryl/α,β-unsaturated/α-hetero) is 2. The molecule has 4 heteroatoms. The van der Waals surface area contributed by atoms with Crippen LogP contribution < -0.4 is 4.74 Å². The van der Waals surface area contributed by atoms with E-state index >= 15 is 0 Å². The third-order valence-corrected chi connectivity index (χ3v) is 5.06. The van der Waals surface area contributed by atoms with E-state index in [0.717, 1.165) is 23.3 Å². The van der Waals surface area contributed by atoms with Gasteiger partial charge < -0.3 is 4.74 Å². The predicted molar refractivity (Wildman–Crippen MR) is 90.1 cm³/mol. The van der Waals surface area contributed by atoms with Gasteiger partial charge in [-0.25, -0.2) is 0 Å². The van der Waals surface area contributed by atoms with E-state index in [1.807, 2.05) is 48.5 Å². The zero-order valence-electron chi connectivity index (χ0n) is 13.6. The molecule has 1 saturated heterocycles. The summed E-state index contributed by atoms with van der Waals surface area (Å²) in [5.74, 6) is 0.786. The molecule has 2 atom stereocenters. The van der Waals surface area contributed by atoms with Gasteiger partial charge in [0.1, 0.15) is 11.8 Å². The second kappa shape index (κ2) is 5.87. The SMILES string of the molecule is COc1ccc(CN2[C@@H]3C(=O)CC[C@H]2c2ccccc2C3=O)cc1. The molecule has 2 aliphatic heterocycles. The van der Waals surface area contributed by atoms with Crippen molar-refractivity contribution in [2.24, 2.45) is 0 Å². The van der Waals surface area contributed by atoms with Crippen LogP contribution in [0.2, 0.25) is 0 Å². The first-order valence-electron chi connectivity index (χ1n) is 8.23. The van der Waals surface area contributed by atoms with E-state index in [1.165, 1.54) is 0 Å². The van der Waals surface area contributed by atoms with Gasteiger partial charge in [0.2, 0.25) is 0 Å². The fourth-order valence-electron chi connectivity index (χ4n) is 3.88. The van der Waals surface area contributed by atoms with Crippen molar-refractivity contribution in [1.82, 2.24) is 4.90 Å². The van der Waals surface area contributed by atoms with Gasteiger partial charge in [-0.15, -0.1) is 0 Å². The second-order valence-corrected chi connectivity index (χ2v) is 6.40. The number of benzene rings is 2. The van der Waals surface area contributed by atoms with E-state index in [2.05, 4.69) is 4.90 Å². The Morgan fingerprint density at radius 3 is 2.58 bits per heavy atom. The van der Waals surface area contributed by atoms with E-state index in [9.17, 15) is 9.59 Å². The number of hydrogen-bond donors (Lipinski definition) is 0. The van der Waals surface area contributed by atoms with Crippen molar-refractivity contribution in [2.45, 2.75) is 31.5 Å². The minimum Gasteiger partial charge on any atom is -0.497 e. The quantitative estimate of drug-likeness (QED) is 0.815. The van der Waals surface area contributed by atoms with Crippen molar-refractivity contribution in [2.75, 3.05) is 7.11 Å². The standard InChI is InChI=1S/C20H19NO3/c1-24-14-8-6-13(7-9-14)12-21-17-10-11-18(22)19(21)20(23)16-5-3-2-4-15(16)17/h2-9,17,19H,10-12H2,1H3/t17-,19+/m0/s1. The zero-order valence-corrected chi connectivity index (χ0v) is 13.6. The molecule has 2 bridgehead atoms. The van der Waals surface area contributed by atoms with E-state index in [4.69, 9.17) is 4.74 Å². The van der Waals surface area contributed by atoms with E-state index < -0.39 is 6.04 Å². The number of rotatable bonds is 3. The van der Waals surface area contributed by atoms with Crippen molar-refractivity contribution in [3.05, 3.63) is 65.2 Å². The monoisotopic (exact) mass is 321 g/mol. The lowest BCUT2D eigenvalue weighted by molar-refractivity contribution is -0.127. The van der Waals surface area contributed by atoms with Crippen LogP contribution in [0.5, 0.6) is 5.75 Å². The average Bonchev–Trinajstić information content (AvgIpc) is 2.62. The molecule has 24 heavy (non-hydrogen) atoms. The lowest BCUT2D eigenvalue weighted by Crippen LogP contribution is -2.54. The third kappa shape index (κ3) is 2.34. The number of hydrogen-bond acceptors (Lipinski definition) is 4. The van der Waals surface area contributed by atoms with Gasteiger partial charge in [-0.05, 0) is 29.7 Å². The molecular weight excluding hydrogens is 302 g/mol. The van der Waals surface area contributed by atoms with E-state index in [-0.39, 0.29) is 17.6 Å². The maximum Gasteiger partial charge on any atom is 0.187 e. The molecule has 0 aromatic heterocycles. The van der Waals surface area contributed by atoms with Gasteiger partial charge in [-0.2, -0.15) is 0 Å². The fourth-order valence-corrected chi connectivity index (χ4v) is 3.88. The zero-order chi connectivity index (χ0) is 16.7. The Labute approximate surface area is 141 Å². The number of ether oxygens (including phenoxy) is 1. The summed E-state index contributed by atoms with van der Waals surface area (Å²) < 4.78 is 5.19. The molecule has 2 aromatic carbocycles. The van der Waals surface area contributed by atoms with Crippen LogP contribution in [-0.4, -0.2) is 29.6 Å². The Bertz CT molecular complexity index is 797. The van der Waals surface area contributed by atoms with Gasteiger partial charge in [0.05, 0.1) is 7.11 Å². The summed E-state index contributed by atoms with van der Waals surface area (Å²) >= 11 is 0. The summed E-state index contributed by atoms with van der Waals surface area (Å²) in [6, 6.07) is 15.0. The van der Waals surface area contributed by atoms with Gasteiger partial charge >= 0.3 is 0 Å². The molecule has 0 spiro atoms. The van der Waals surface area contributed by atoms with Crippen molar-refractivity contribution >= 4 is 11.6 Å². The summed E-state index contributed by atoms with van der Waals surface area (Å²) in [6.45, 7) is 0.588. The van der Waals surface area contributed by atoms with Crippen LogP contribution in [0.15, 0.2) is 48.5 Å². The van der Waals surface area contributed by atoms with Gasteiger partial charge in [0.25, 0.3) is 0 Å². The van der Waals surface area contributed by atoms with Crippen LogP contribution in [0.4, 0.5) is 0 Å². The Morgan fingerprint density at radius 1 is 1.08 bits per heavy atom. The Hall–Kier alpha value is -2.46. The van der Waals surface area contributed by atoms with Crippen LogP contribution in [0.25, 0.3) is 0 Å². The number of ketones is 2. The van der Waals surface area contributed by atoms with Crippen molar-refractivity contribution in [1.29, 1.82) is 0 Å². The van der Waals surface area contributed by atoms with E-state index in [0.29, 0.717) is 18.5 Å². The summed E-state index contributed by atoms with van der Waals surface area (Å²) in [5, 5.41) is 0. The molecule has 0 aliphatic carbocycles. The molecule has 2 heterocycles. The van der Waals surface area contributed by atoms with Gasteiger partial charge in [0.15, 0.2) is 11.6 Å². The number of nitrogens with zero attached hydrogens (tertiary/aromatic N) is 1. The smallest absolute Gasteiger partial charge is 0.187 e. The number of piperidine rings is 1. The van der Waals surface area contributed by atoms with Crippen LogP contribution >= 0.6 is 0 Å². The molecule has 0 unspecified atom stereocenters. The third-order valence-electron chi connectivity index (χ3n) is 5.06. The van der Waals surface area contributed by atoms with Crippen LogP contribution in [0.1, 0.15) is 40.4 Å². The molecule has 1 fully saturated rings. The Balaban J connectivity index is 1.71. The highest BCUT2D eigenvalue weighted by atomic mass is 16.5. The van der Waals surface area contributed by atoms with E-state index in [1.54, 1.807) is 7.11 Å². The Morgan fingerprint density at radius 2 is 1.83 bits per heavy atom. The molecule has 122 valence electrons. The highest BCUT2D eigenvalue weighted by Crippen LogP contribution is 2.41. The van der Waals surface area contributed by atoms with Crippen LogP contribution in [-0.2, 0) is 11.3 Å². The first-order chi connectivity index (χ1) is 11.7. The van der Waals surface area contributed by atoms with Crippen molar-refractivity contribution in [3.63, 3.8) is 0 Å². The van der Waals surface area contributed by atoms with Gasteiger partial charge in [-0.3, -0.25) is 14.5 Å². The predicted octanol–water partition coefficient (Wildman–Crippen LogP) is 3.17. The average molecular weight is 321 g/mol. The molecule has 2 aromatic rings.